The maximum Gasteiger partial charge on any atom is 0.306 e. The van der Waals surface area contributed by atoms with Crippen LogP contribution in [0.25, 0.3) is 0 Å². The number of hydrogen-bond acceptors (Lipinski definition) is 8. The minimum Gasteiger partial charge on any atom is -0.462 e. The second-order valence-electron chi connectivity index (χ2n) is 6.45. The molecule has 3 atom stereocenters. The van der Waals surface area contributed by atoms with Crippen LogP contribution in [0.4, 0.5) is 0 Å². The van der Waals surface area contributed by atoms with Gasteiger partial charge in [-0.1, -0.05) is 0 Å². The van der Waals surface area contributed by atoms with Gasteiger partial charge in [0, 0.05) is 87.4 Å². The molecule has 8 nitrogen and oxygen atoms in total. The van der Waals surface area contributed by atoms with E-state index in [4.69, 9.17) is 42.5 Å². The summed E-state index contributed by atoms with van der Waals surface area (Å²) in [5.41, 5.74) is -17.6. The van der Waals surface area contributed by atoms with Gasteiger partial charge < -0.3 is 19.9 Å². The van der Waals surface area contributed by atoms with Crippen LogP contribution in [0.1, 0.15) is 136 Å². The number of ether oxygens (including phenoxy) is 2. The van der Waals surface area contributed by atoms with E-state index in [1.807, 2.05) is 0 Å². The van der Waals surface area contributed by atoms with Crippen LogP contribution >= 0.6 is 0 Å². The molecule has 30 heavy (non-hydrogen) atoms. The van der Waals surface area contributed by atoms with E-state index >= 15 is 0 Å². The average molecular weight is 460 g/mol. The highest BCUT2D eigenvalue weighted by Crippen LogP contribution is 2.39. The lowest BCUT2D eigenvalue weighted by Crippen LogP contribution is -2.60. The first-order chi connectivity index (χ1) is 26.0. The summed E-state index contributed by atoms with van der Waals surface area (Å²) in [6.07, 6.45) is -39.3. The normalized spacial score (nSPS) is 63.7. The molecule has 2 aliphatic heterocycles. The Labute approximate surface area is 224 Å². The topological polar surface area (TPSA) is 99.5 Å². The molecule has 0 saturated carbocycles. The lowest BCUT2D eigenvalue weighted by atomic mass is 9.80. The van der Waals surface area contributed by atoms with Crippen LogP contribution in [0.2, 0.25) is 0 Å². The fraction of sp³-hybridized carbons (Fsp3) is 0.909. The number of rotatable bonds is 5. The summed E-state index contributed by atoms with van der Waals surface area (Å²) < 4.78 is 263. The predicted octanol–water partition coefficient (Wildman–Crippen LogP) is 3.67. The van der Waals surface area contributed by atoms with Gasteiger partial charge in [0.05, 0.1) is 15.5 Å². The van der Waals surface area contributed by atoms with E-state index in [9.17, 15) is 20.0 Å². The summed E-state index contributed by atoms with van der Waals surface area (Å²) in [6, 6.07) is 0. The second kappa shape index (κ2) is 8.37. The largest absolute Gasteiger partial charge is 0.462 e. The molecule has 0 amide bonds. The van der Waals surface area contributed by atoms with Crippen molar-refractivity contribution < 1.29 is 72.0 Å². The fourth-order valence-electron chi connectivity index (χ4n) is 2.21. The van der Waals surface area contributed by atoms with Crippen LogP contribution in [0.5, 0.6) is 0 Å². The molecule has 0 aromatic heterocycles. The van der Waals surface area contributed by atoms with Crippen molar-refractivity contribution in [2.45, 2.75) is 128 Å². The van der Waals surface area contributed by atoms with Gasteiger partial charge in [0.15, 0.2) is 0 Å². The van der Waals surface area contributed by atoms with Crippen molar-refractivity contribution in [1.29, 1.82) is 0 Å². The molecule has 3 unspecified atom stereocenters. The highest BCUT2D eigenvalue weighted by Gasteiger charge is 2.47. The summed E-state index contributed by atoms with van der Waals surface area (Å²) >= 11 is 0. The van der Waals surface area contributed by atoms with Crippen molar-refractivity contribution in [2.75, 3.05) is 0 Å². The summed E-state index contributed by atoms with van der Waals surface area (Å²) in [7, 11) is 0. The Kier molecular flexibility index (Phi) is 1.68. The van der Waals surface area contributed by atoms with Crippen LogP contribution in [0.15, 0.2) is 0 Å². The summed E-state index contributed by atoms with van der Waals surface area (Å²) in [6.45, 7) is -25.5. The first-order valence-electron chi connectivity index (χ1n) is 23.5. The molecule has 0 aromatic rings. The lowest BCUT2D eigenvalue weighted by molar-refractivity contribution is -0.260. The molecule has 0 bridgehead atoms. The van der Waals surface area contributed by atoms with E-state index < -0.39 is 136 Å². The SMILES string of the molecule is [2H]C([2H])C1(C)N(O)C(C)(C([2H])([2H])[2H])C([2H])([2H])C([2H])(OC(=O)C([2H])([2H])C([2H])([2H])C(=O)OC2([2H])C([2H])([2H])C(C([2H])([2H])[2H])(C([2H])([2H])[2H])N(O)C(C([2H])([2H])[2H])(C([2H])([2H])[2H])C2([2H])[2H])C1([2H])[2H]. The molecule has 2 heterocycles. The van der Waals surface area contributed by atoms with Gasteiger partial charge in [0.1, 0.15) is 12.2 Å². The number of piperidine rings is 2. The maximum absolute atomic E-state index is 13.8. The predicted molar refractivity (Wildman–Crippen MR) is 111 cm³/mol. The van der Waals surface area contributed by atoms with Gasteiger partial charge in [-0.2, -0.15) is 10.1 Å². The van der Waals surface area contributed by atoms with Crippen molar-refractivity contribution in [3.05, 3.63) is 0 Å². The molecule has 2 fully saturated rings. The van der Waals surface area contributed by atoms with Crippen molar-refractivity contribution in [3.63, 3.8) is 0 Å². The van der Waals surface area contributed by atoms with Crippen LogP contribution in [-0.2, 0) is 19.1 Å². The third-order valence-electron chi connectivity index (χ3n) is 3.47. The zero-order valence-corrected chi connectivity index (χ0v) is 15.5. The second-order valence-corrected chi connectivity index (χ2v) is 6.45. The molecule has 2 N–H and O–H groups in total. The van der Waals surface area contributed by atoms with Gasteiger partial charge in [0.25, 0.3) is 0 Å². The van der Waals surface area contributed by atoms with Gasteiger partial charge in [-0.25, -0.2) is 0 Å². The maximum atomic E-state index is 13.8. The number of nitrogens with zero attached hydrogens (tertiary/aromatic N) is 2. The fourth-order valence-corrected chi connectivity index (χ4v) is 2.21. The lowest BCUT2D eigenvalue weighted by Gasteiger charge is -2.51. The standard InChI is InChI=1S/C22H40N2O6/c1-19(2)11-15(12-20(3,4)23(19)27)29-17(25)9-10-18(26)30-16-13-21(5,6)24(28)22(7,8)14-16/h15-16,27-28H,9-14H2,1-8H3/i1D2,3D3,5D3,6D3,7D3,8D3,9D2,10D2,11D2,12D2,13D2,14D2,15D,16D. The highest BCUT2D eigenvalue weighted by atomic mass is 16.6. The van der Waals surface area contributed by atoms with Gasteiger partial charge >= 0.3 is 11.9 Å². The van der Waals surface area contributed by atoms with E-state index in [0.29, 0.717) is 6.92 Å². The number of esters is 2. The van der Waals surface area contributed by atoms with Crippen LogP contribution < -0.4 is 0 Å². The summed E-state index contributed by atoms with van der Waals surface area (Å²) in [5.74, 6) is -6.47. The molecule has 2 rings (SSSR count). The van der Waals surface area contributed by atoms with E-state index in [1.54, 1.807) is 0 Å². The first kappa shape index (κ1) is 6.01. The molecule has 8 heteroatoms. The van der Waals surface area contributed by atoms with E-state index in [1.165, 1.54) is 0 Å². The Morgan fingerprint density at radius 2 is 1.27 bits per heavy atom. The Hall–Kier alpha value is -1.22. The minimum absolute atomic E-state index is 0.280. The molecule has 174 valence electrons. The minimum atomic E-state index is -5.42. The number of carbonyl (C=O) groups excluding carboxylic acids is 2. The average Bonchev–Trinajstić information content (AvgIpc) is 2.98. The van der Waals surface area contributed by atoms with E-state index in [-0.39, 0.29) is 6.92 Å². The van der Waals surface area contributed by atoms with Gasteiger partial charge in [-0.3, -0.25) is 9.59 Å². The number of hydroxylamine groups is 4. The number of hydrogen-bond donors (Lipinski definition) is 2. The monoisotopic (exact) mass is 459 g/mol. The zero-order chi connectivity index (χ0) is 49.8. The van der Waals surface area contributed by atoms with Gasteiger partial charge in [0.2, 0.25) is 0 Å². The van der Waals surface area contributed by atoms with Crippen molar-refractivity contribution in [1.82, 2.24) is 10.1 Å². The quantitative estimate of drug-likeness (QED) is 0.601. The Morgan fingerprint density at radius 1 is 0.900 bits per heavy atom. The Bertz CT molecular complexity index is 1670. The molecule has 2 aliphatic rings. The van der Waals surface area contributed by atoms with Gasteiger partial charge in [-0.15, -0.1) is 0 Å². The van der Waals surface area contributed by atoms with Crippen LogP contribution in [0.3, 0.4) is 0 Å². The summed E-state index contributed by atoms with van der Waals surface area (Å²) in [5, 5.41) is 20.0. The van der Waals surface area contributed by atoms with Crippen LogP contribution in [-0.4, -0.2) is 66.8 Å². The van der Waals surface area contributed by atoms with Gasteiger partial charge in [-0.05, 0) is 55.0 Å². The first-order valence-corrected chi connectivity index (χ1v) is 7.81. The van der Waals surface area contributed by atoms with Crippen molar-refractivity contribution in [3.8, 4) is 0 Å². The van der Waals surface area contributed by atoms with E-state index in [0.717, 1.165) is 0 Å². The molecule has 0 radical (unpaired) electrons. The zero-order valence-electron chi connectivity index (χ0n) is 46.5. The van der Waals surface area contributed by atoms with Crippen molar-refractivity contribution >= 4 is 11.9 Å². The third kappa shape index (κ3) is 5.72. The number of carbonyl (C=O) groups is 2. The molecular weight excluding hydrogens is 388 g/mol. The third-order valence-corrected chi connectivity index (χ3v) is 3.47. The molecular formula is C22H40N2O6. The molecule has 0 spiro atoms. The molecule has 2 saturated heterocycles. The van der Waals surface area contributed by atoms with Crippen molar-refractivity contribution in [2.24, 2.45) is 0 Å². The molecule has 0 aliphatic carbocycles. The Morgan fingerprint density at radius 3 is 1.67 bits per heavy atom. The Balaban J connectivity index is 3.09. The van der Waals surface area contributed by atoms with E-state index in [2.05, 4.69) is 9.47 Å². The summed E-state index contributed by atoms with van der Waals surface area (Å²) in [4.78, 5) is 27.4. The highest BCUT2D eigenvalue weighted by molar-refractivity contribution is 5.77. The smallest absolute Gasteiger partial charge is 0.306 e. The van der Waals surface area contributed by atoms with Crippen LogP contribution in [0, 0.1) is 0 Å². The molecule has 0 aromatic carbocycles.